The van der Waals surface area contributed by atoms with Gasteiger partial charge in [0.2, 0.25) is 5.91 Å². The molecule has 158 valence electrons. The molecule has 0 aliphatic carbocycles. The molecule has 0 spiro atoms. The van der Waals surface area contributed by atoms with Gasteiger partial charge >= 0.3 is 0 Å². The van der Waals surface area contributed by atoms with Crippen LogP contribution in [0.4, 0.5) is 5.69 Å². The first kappa shape index (κ1) is 21.6. The molecule has 0 bridgehead atoms. The number of carbonyl (C=O) groups excluding carboxylic acids is 1. The van der Waals surface area contributed by atoms with Gasteiger partial charge in [0.05, 0.1) is 7.11 Å². The Balaban J connectivity index is 1.61. The molecule has 0 aliphatic heterocycles. The van der Waals surface area contributed by atoms with Gasteiger partial charge in [0.15, 0.2) is 10.6 Å². The fraction of sp³-hybridized carbons (Fsp3) is 0.318. The number of hydrogen-bond donors (Lipinski definition) is 2. The minimum absolute atomic E-state index is 0.104. The molecule has 3 aromatic rings. The second kappa shape index (κ2) is 10.1. The zero-order valence-corrected chi connectivity index (χ0v) is 18.3. The van der Waals surface area contributed by atoms with E-state index in [0.29, 0.717) is 17.1 Å². The van der Waals surface area contributed by atoms with Crippen molar-refractivity contribution in [1.82, 2.24) is 20.1 Å². The Kier molecular flexibility index (Phi) is 7.24. The van der Waals surface area contributed by atoms with Gasteiger partial charge in [0, 0.05) is 30.9 Å². The maximum atomic E-state index is 12.5. The van der Waals surface area contributed by atoms with E-state index in [1.54, 1.807) is 11.7 Å². The summed E-state index contributed by atoms with van der Waals surface area (Å²) in [5.74, 6) is 1.27. The van der Waals surface area contributed by atoms with Gasteiger partial charge in [0.25, 0.3) is 0 Å². The largest absolute Gasteiger partial charge is 0.497 e. The number of ether oxygens (including phenoxy) is 1. The number of aryl methyl sites for hydroxylation is 1. The van der Waals surface area contributed by atoms with E-state index in [0.717, 1.165) is 30.1 Å². The van der Waals surface area contributed by atoms with Crippen LogP contribution in [0.5, 0.6) is 5.75 Å². The average molecular weight is 426 g/mol. The van der Waals surface area contributed by atoms with E-state index in [1.807, 2.05) is 30.3 Å². The molecule has 0 atom stereocenters. The van der Waals surface area contributed by atoms with Crippen molar-refractivity contribution in [2.75, 3.05) is 31.6 Å². The maximum absolute atomic E-state index is 12.5. The predicted molar refractivity (Wildman–Crippen MR) is 121 cm³/mol. The minimum Gasteiger partial charge on any atom is -0.497 e. The summed E-state index contributed by atoms with van der Waals surface area (Å²) in [6.45, 7) is 6.43. The maximum Gasteiger partial charge on any atom is 0.240 e. The van der Waals surface area contributed by atoms with Crippen LogP contribution >= 0.6 is 12.2 Å². The highest BCUT2D eigenvalue weighted by molar-refractivity contribution is 7.71. The molecule has 0 radical (unpaired) electrons. The number of hydrogen-bond acceptors (Lipinski definition) is 5. The number of nitrogens with one attached hydrogen (secondary N) is 2. The van der Waals surface area contributed by atoms with E-state index in [4.69, 9.17) is 17.0 Å². The molecule has 1 amide bonds. The lowest BCUT2D eigenvalue weighted by Gasteiger charge is -2.23. The molecule has 2 N–H and O–H groups in total. The summed E-state index contributed by atoms with van der Waals surface area (Å²) in [5, 5.41) is 10.0. The zero-order chi connectivity index (χ0) is 21.5. The van der Waals surface area contributed by atoms with Gasteiger partial charge in [-0.25, -0.2) is 0 Å². The molecule has 30 heavy (non-hydrogen) atoms. The number of nitrogens with zero attached hydrogens (tertiary/aromatic N) is 3. The van der Waals surface area contributed by atoms with Crippen molar-refractivity contribution in [2.24, 2.45) is 0 Å². The summed E-state index contributed by atoms with van der Waals surface area (Å²) in [4.78, 5) is 14.8. The Hall–Kier alpha value is -3.13. The summed E-state index contributed by atoms with van der Waals surface area (Å²) in [6.07, 6.45) is 0. The van der Waals surface area contributed by atoms with E-state index in [-0.39, 0.29) is 12.5 Å². The fourth-order valence-electron chi connectivity index (χ4n) is 3.25. The molecule has 0 fully saturated rings. The highest BCUT2D eigenvalue weighted by atomic mass is 32.1. The normalized spacial score (nSPS) is 10.6. The van der Waals surface area contributed by atoms with E-state index in [1.165, 1.54) is 5.56 Å². The number of amides is 1. The van der Waals surface area contributed by atoms with Gasteiger partial charge in [-0.2, -0.15) is 5.10 Å². The summed E-state index contributed by atoms with van der Waals surface area (Å²) in [5.41, 5.74) is 3.23. The Morgan fingerprint density at radius 2 is 2.03 bits per heavy atom. The monoisotopic (exact) mass is 425 g/mol. The first-order valence-electron chi connectivity index (χ1n) is 9.89. The molecule has 2 aromatic carbocycles. The molecule has 7 nitrogen and oxygen atoms in total. The van der Waals surface area contributed by atoms with Gasteiger partial charge in [-0.05, 0) is 68.0 Å². The van der Waals surface area contributed by atoms with Crippen molar-refractivity contribution in [3.8, 4) is 17.1 Å². The van der Waals surface area contributed by atoms with Crippen molar-refractivity contribution in [2.45, 2.75) is 20.4 Å². The van der Waals surface area contributed by atoms with Crippen molar-refractivity contribution in [3.05, 3.63) is 58.9 Å². The highest BCUT2D eigenvalue weighted by Gasteiger charge is 2.13. The Bertz CT molecular complexity index is 1040. The second-order valence-corrected chi connectivity index (χ2v) is 7.32. The average Bonchev–Trinajstić information content (AvgIpc) is 3.11. The number of benzene rings is 2. The molecule has 0 unspecified atom stereocenters. The van der Waals surface area contributed by atoms with Crippen LogP contribution in [-0.2, 0) is 11.3 Å². The van der Waals surface area contributed by atoms with E-state index in [9.17, 15) is 4.79 Å². The number of likely N-dealkylation sites (N-methyl/N-ethyl adjacent to an activating group) is 1. The Morgan fingerprint density at radius 3 is 2.70 bits per heavy atom. The number of anilines is 1. The zero-order valence-electron chi connectivity index (χ0n) is 17.5. The van der Waals surface area contributed by atoms with Gasteiger partial charge in [0.1, 0.15) is 12.3 Å². The molecule has 8 heteroatoms. The summed E-state index contributed by atoms with van der Waals surface area (Å²) < 4.78 is 7.30. The van der Waals surface area contributed by atoms with Crippen molar-refractivity contribution in [1.29, 1.82) is 0 Å². The lowest BCUT2D eigenvalue weighted by molar-refractivity contribution is -0.121. The van der Waals surface area contributed by atoms with E-state index >= 15 is 0 Å². The number of methoxy groups -OCH3 is 1. The molecular weight excluding hydrogens is 398 g/mol. The third kappa shape index (κ3) is 5.27. The number of H-pyrrole nitrogens is 1. The fourth-order valence-corrected chi connectivity index (χ4v) is 3.45. The molecule has 0 saturated carbocycles. The van der Waals surface area contributed by atoms with Crippen molar-refractivity contribution >= 4 is 23.8 Å². The standard InChI is InChI=1S/C22H27N5O2S/c1-4-26(18-7-5-6-16(2)14-18)13-12-23-20(28)15-27-21(24-25-22(27)30)17-8-10-19(29-3)11-9-17/h5-11,14H,4,12-13,15H2,1-3H3,(H,23,28)(H,25,30). The third-order valence-corrected chi connectivity index (χ3v) is 5.17. The van der Waals surface area contributed by atoms with E-state index < -0.39 is 0 Å². The Morgan fingerprint density at radius 1 is 1.27 bits per heavy atom. The van der Waals surface area contributed by atoms with Crippen LogP contribution in [0.25, 0.3) is 11.4 Å². The highest BCUT2D eigenvalue weighted by Crippen LogP contribution is 2.21. The molecular formula is C22H27N5O2S. The number of rotatable bonds is 9. The molecule has 3 rings (SSSR count). The van der Waals surface area contributed by atoms with Gasteiger partial charge in [-0.3, -0.25) is 14.5 Å². The number of carbonyl (C=O) groups is 1. The SMILES string of the molecule is CCN(CCNC(=O)Cn1c(-c2ccc(OC)cc2)n[nH]c1=S)c1cccc(C)c1. The molecule has 0 saturated heterocycles. The minimum atomic E-state index is -0.109. The van der Waals surface area contributed by atoms with Crippen LogP contribution in [-0.4, -0.2) is 47.4 Å². The first-order valence-corrected chi connectivity index (χ1v) is 10.3. The van der Waals surface area contributed by atoms with Crippen molar-refractivity contribution in [3.63, 3.8) is 0 Å². The van der Waals surface area contributed by atoms with Crippen LogP contribution in [0.2, 0.25) is 0 Å². The quantitative estimate of drug-likeness (QED) is 0.513. The first-order chi connectivity index (χ1) is 14.5. The summed E-state index contributed by atoms with van der Waals surface area (Å²) in [6, 6.07) is 15.8. The predicted octanol–water partition coefficient (Wildman–Crippen LogP) is 3.57. The van der Waals surface area contributed by atoms with Crippen LogP contribution in [0.15, 0.2) is 48.5 Å². The van der Waals surface area contributed by atoms with Crippen LogP contribution in [0.1, 0.15) is 12.5 Å². The summed E-state index contributed by atoms with van der Waals surface area (Å²) in [7, 11) is 1.62. The molecule has 0 aliphatic rings. The van der Waals surface area contributed by atoms with Crippen LogP contribution in [0, 0.1) is 11.7 Å². The molecule has 1 aromatic heterocycles. The number of aromatic nitrogens is 3. The van der Waals surface area contributed by atoms with Crippen LogP contribution in [0.3, 0.4) is 0 Å². The lowest BCUT2D eigenvalue weighted by atomic mass is 10.2. The summed E-state index contributed by atoms with van der Waals surface area (Å²) >= 11 is 5.32. The van der Waals surface area contributed by atoms with Gasteiger partial charge < -0.3 is 15.0 Å². The smallest absolute Gasteiger partial charge is 0.240 e. The third-order valence-electron chi connectivity index (χ3n) is 4.86. The number of aromatic amines is 1. The van der Waals surface area contributed by atoms with Crippen molar-refractivity contribution < 1.29 is 9.53 Å². The topological polar surface area (TPSA) is 75.2 Å². The second-order valence-electron chi connectivity index (χ2n) is 6.94. The van der Waals surface area contributed by atoms with E-state index in [2.05, 4.69) is 52.5 Å². The lowest BCUT2D eigenvalue weighted by Crippen LogP contribution is -2.36. The van der Waals surface area contributed by atoms with Gasteiger partial charge in [-0.1, -0.05) is 12.1 Å². The van der Waals surface area contributed by atoms with Gasteiger partial charge in [-0.15, -0.1) is 0 Å². The van der Waals surface area contributed by atoms with Crippen LogP contribution < -0.4 is 15.0 Å². The Labute approximate surface area is 181 Å². The molecule has 1 heterocycles.